The molecule has 0 aromatic carbocycles. The topological polar surface area (TPSA) is 125 Å². The second kappa shape index (κ2) is 6.65. The van der Waals surface area contributed by atoms with Gasteiger partial charge in [0.15, 0.2) is 0 Å². The summed E-state index contributed by atoms with van der Waals surface area (Å²) in [4.78, 5) is 32.6. The van der Waals surface area contributed by atoms with Gasteiger partial charge in [0.05, 0.1) is 13.0 Å². The second-order valence-corrected chi connectivity index (χ2v) is 3.76. The fourth-order valence-electron chi connectivity index (χ4n) is 0.850. The zero-order valence-electron chi connectivity index (χ0n) is 9.36. The Bertz CT molecular complexity index is 278. The van der Waals surface area contributed by atoms with E-state index in [1.54, 1.807) is 0 Å². The van der Waals surface area contributed by atoms with Gasteiger partial charge in [0, 0.05) is 0 Å². The highest BCUT2D eigenvalue weighted by Crippen LogP contribution is 1.95. The predicted octanol–water partition coefficient (Wildman–Crippen LogP) is -0.902. The van der Waals surface area contributed by atoms with Crippen LogP contribution in [0.3, 0.4) is 0 Å². The zero-order valence-corrected chi connectivity index (χ0v) is 9.36. The van der Waals surface area contributed by atoms with Gasteiger partial charge >= 0.3 is 6.09 Å². The largest absolute Gasteiger partial charge is 0.449 e. The minimum atomic E-state index is -1.13. The first-order valence-corrected chi connectivity index (χ1v) is 4.83. The van der Waals surface area contributed by atoms with E-state index in [1.807, 2.05) is 13.8 Å². The van der Waals surface area contributed by atoms with Crippen molar-refractivity contribution in [2.75, 3.05) is 6.61 Å². The van der Waals surface area contributed by atoms with Crippen LogP contribution in [0.2, 0.25) is 0 Å². The summed E-state index contributed by atoms with van der Waals surface area (Å²) in [6.07, 6.45) is -1.13. The minimum Gasteiger partial charge on any atom is -0.449 e. The molecule has 0 saturated heterocycles. The number of nitrogens with two attached hydrogens (primary N) is 2. The van der Waals surface area contributed by atoms with Crippen molar-refractivity contribution in [3.63, 3.8) is 0 Å². The van der Waals surface area contributed by atoms with E-state index in [4.69, 9.17) is 16.2 Å². The molecule has 0 bridgehead atoms. The highest BCUT2D eigenvalue weighted by molar-refractivity contribution is 5.89. The van der Waals surface area contributed by atoms with Crippen LogP contribution in [0.15, 0.2) is 0 Å². The molecule has 92 valence electrons. The van der Waals surface area contributed by atoms with Crippen LogP contribution in [0.25, 0.3) is 0 Å². The van der Waals surface area contributed by atoms with Crippen LogP contribution in [0.4, 0.5) is 4.79 Å². The molecular weight excluding hydrogens is 214 g/mol. The number of amides is 3. The van der Waals surface area contributed by atoms with E-state index in [0.717, 1.165) is 0 Å². The number of carbonyl (C=O) groups excluding carboxylic acids is 3. The fraction of sp³-hybridized carbons (Fsp3) is 0.667. The maximum atomic E-state index is 11.2. The number of hydrogen-bond donors (Lipinski definition) is 3. The molecular formula is C9H17N3O4. The molecule has 7 heteroatoms. The van der Waals surface area contributed by atoms with Crippen LogP contribution in [0.5, 0.6) is 0 Å². The van der Waals surface area contributed by atoms with Crippen molar-refractivity contribution in [1.29, 1.82) is 0 Å². The van der Waals surface area contributed by atoms with Crippen LogP contribution in [0, 0.1) is 5.92 Å². The Balaban J connectivity index is 4.13. The van der Waals surface area contributed by atoms with Crippen molar-refractivity contribution in [2.45, 2.75) is 26.3 Å². The number of hydrogen-bond acceptors (Lipinski definition) is 4. The zero-order chi connectivity index (χ0) is 12.7. The highest BCUT2D eigenvalue weighted by atomic mass is 16.5. The number of nitrogens with one attached hydrogen (secondary N) is 1. The molecule has 1 unspecified atom stereocenters. The third kappa shape index (κ3) is 6.63. The maximum absolute atomic E-state index is 11.2. The molecule has 0 aliphatic heterocycles. The quantitative estimate of drug-likeness (QED) is 0.547. The van der Waals surface area contributed by atoms with Gasteiger partial charge in [-0.05, 0) is 5.92 Å². The molecule has 0 aliphatic carbocycles. The van der Waals surface area contributed by atoms with E-state index >= 15 is 0 Å². The maximum Gasteiger partial charge on any atom is 0.407 e. The first kappa shape index (κ1) is 14.2. The lowest BCUT2D eigenvalue weighted by Crippen LogP contribution is -2.46. The van der Waals surface area contributed by atoms with E-state index in [1.165, 1.54) is 0 Å². The average molecular weight is 231 g/mol. The number of alkyl carbamates (subject to hydrolysis) is 1. The average Bonchev–Trinajstić information content (AvgIpc) is 2.12. The van der Waals surface area contributed by atoms with Crippen molar-refractivity contribution in [1.82, 2.24) is 5.32 Å². The molecule has 0 aliphatic rings. The molecule has 3 amide bonds. The first-order valence-electron chi connectivity index (χ1n) is 4.83. The van der Waals surface area contributed by atoms with Gasteiger partial charge in [-0.15, -0.1) is 0 Å². The summed E-state index contributed by atoms with van der Waals surface area (Å²) in [6, 6.07) is -1.13. The summed E-state index contributed by atoms with van der Waals surface area (Å²) < 4.78 is 4.76. The first-order chi connectivity index (χ1) is 7.32. The third-order valence-corrected chi connectivity index (χ3v) is 1.59. The number of primary amides is 2. The van der Waals surface area contributed by atoms with Gasteiger partial charge in [0.2, 0.25) is 11.8 Å². The van der Waals surface area contributed by atoms with Gasteiger partial charge in [-0.25, -0.2) is 4.79 Å². The summed E-state index contributed by atoms with van der Waals surface area (Å²) in [5.41, 5.74) is 9.86. The molecule has 0 saturated carbocycles. The molecule has 0 heterocycles. The fourth-order valence-corrected chi connectivity index (χ4v) is 0.850. The normalized spacial score (nSPS) is 11.9. The SMILES string of the molecule is CC(C)COC(=O)NC(CC(N)=O)C(N)=O. The lowest BCUT2D eigenvalue weighted by molar-refractivity contribution is -0.125. The van der Waals surface area contributed by atoms with Gasteiger partial charge in [-0.1, -0.05) is 13.8 Å². The Morgan fingerprint density at radius 2 is 1.81 bits per heavy atom. The Morgan fingerprint density at radius 3 is 2.19 bits per heavy atom. The van der Waals surface area contributed by atoms with E-state index in [-0.39, 0.29) is 18.9 Å². The highest BCUT2D eigenvalue weighted by Gasteiger charge is 2.20. The molecule has 7 nitrogen and oxygen atoms in total. The van der Waals surface area contributed by atoms with E-state index < -0.39 is 23.9 Å². The molecule has 16 heavy (non-hydrogen) atoms. The van der Waals surface area contributed by atoms with E-state index in [0.29, 0.717) is 0 Å². The summed E-state index contributed by atoms with van der Waals surface area (Å²) in [6.45, 7) is 3.94. The third-order valence-electron chi connectivity index (χ3n) is 1.59. The Labute approximate surface area is 93.5 Å². The molecule has 0 aromatic heterocycles. The van der Waals surface area contributed by atoms with E-state index in [9.17, 15) is 14.4 Å². The Kier molecular flexibility index (Phi) is 5.91. The molecule has 1 atom stereocenters. The van der Waals surface area contributed by atoms with Crippen LogP contribution < -0.4 is 16.8 Å². The predicted molar refractivity (Wildman–Crippen MR) is 56.1 cm³/mol. The van der Waals surface area contributed by atoms with Gasteiger partial charge < -0.3 is 21.5 Å². The molecule has 5 N–H and O–H groups in total. The smallest absolute Gasteiger partial charge is 0.407 e. The van der Waals surface area contributed by atoms with Crippen LogP contribution in [-0.2, 0) is 14.3 Å². The number of rotatable bonds is 6. The molecule has 0 fully saturated rings. The van der Waals surface area contributed by atoms with Crippen molar-refractivity contribution in [3.05, 3.63) is 0 Å². The Morgan fingerprint density at radius 1 is 1.25 bits per heavy atom. The summed E-state index contributed by atoms with van der Waals surface area (Å²) in [7, 11) is 0. The van der Waals surface area contributed by atoms with Gasteiger partial charge in [0.1, 0.15) is 6.04 Å². The lowest BCUT2D eigenvalue weighted by Gasteiger charge is -2.14. The van der Waals surface area contributed by atoms with Gasteiger partial charge in [-0.3, -0.25) is 9.59 Å². The number of carbonyl (C=O) groups is 3. The molecule has 0 rings (SSSR count). The van der Waals surface area contributed by atoms with Crippen LogP contribution in [0.1, 0.15) is 20.3 Å². The van der Waals surface area contributed by atoms with Gasteiger partial charge in [-0.2, -0.15) is 0 Å². The minimum absolute atomic E-state index is 0.175. The number of ether oxygens (including phenoxy) is 1. The molecule has 0 radical (unpaired) electrons. The molecule has 0 spiro atoms. The van der Waals surface area contributed by atoms with Crippen molar-refractivity contribution >= 4 is 17.9 Å². The standard InChI is InChI=1S/C9H17N3O4/c1-5(2)4-16-9(15)12-6(8(11)14)3-7(10)13/h5-6H,3-4H2,1-2H3,(H2,10,13)(H2,11,14)(H,12,15). The lowest BCUT2D eigenvalue weighted by atomic mass is 10.2. The van der Waals surface area contributed by atoms with Crippen molar-refractivity contribution in [3.8, 4) is 0 Å². The summed E-state index contributed by atoms with van der Waals surface area (Å²) in [5, 5.41) is 2.17. The second-order valence-electron chi connectivity index (χ2n) is 3.76. The summed E-state index contributed by atoms with van der Waals surface area (Å²) >= 11 is 0. The van der Waals surface area contributed by atoms with Crippen LogP contribution in [-0.4, -0.2) is 30.6 Å². The van der Waals surface area contributed by atoms with Crippen LogP contribution >= 0.6 is 0 Å². The monoisotopic (exact) mass is 231 g/mol. The Hall–Kier alpha value is -1.79. The van der Waals surface area contributed by atoms with Crippen molar-refractivity contribution in [2.24, 2.45) is 17.4 Å². The van der Waals surface area contributed by atoms with Crippen molar-refractivity contribution < 1.29 is 19.1 Å². The van der Waals surface area contributed by atoms with E-state index in [2.05, 4.69) is 5.32 Å². The molecule has 0 aromatic rings. The van der Waals surface area contributed by atoms with Gasteiger partial charge in [0.25, 0.3) is 0 Å². The summed E-state index contributed by atoms with van der Waals surface area (Å²) in [5.74, 6) is -1.39.